The summed E-state index contributed by atoms with van der Waals surface area (Å²) in [6.07, 6.45) is 3.64. The minimum absolute atomic E-state index is 0.117. The van der Waals surface area contributed by atoms with Crippen molar-refractivity contribution in [2.75, 3.05) is 12.4 Å². The fourth-order valence-electron chi connectivity index (χ4n) is 2.28. The molecule has 2 atom stereocenters. The predicted octanol–water partition coefficient (Wildman–Crippen LogP) is 1.89. The van der Waals surface area contributed by atoms with Gasteiger partial charge in [0, 0.05) is 18.3 Å². The zero-order chi connectivity index (χ0) is 13.1. The number of anilines is 1. The van der Waals surface area contributed by atoms with E-state index in [4.69, 9.17) is 4.74 Å². The Labute approximate surface area is 106 Å². The van der Waals surface area contributed by atoms with Crippen molar-refractivity contribution in [1.82, 2.24) is 14.9 Å². The number of nitrogens with zero attached hydrogens (tertiary/aromatic N) is 3. The van der Waals surface area contributed by atoms with Crippen molar-refractivity contribution < 1.29 is 9.53 Å². The van der Waals surface area contributed by atoms with Gasteiger partial charge < -0.3 is 9.64 Å². The Hall–Kier alpha value is -1.85. The van der Waals surface area contributed by atoms with Gasteiger partial charge in [0.2, 0.25) is 0 Å². The third-order valence-electron chi connectivity index (χ3n) is 3.24. The summed E-state index contributed by atoms with van der Waals surface area (Å²) >= 11 is 0. The van der Waals surface area contributed by atoms with E-state index in [1.54, 1.807) is 12.3 Å². The molecule has 0 aliphatic carbocycles. The number of ether oxygens (including phenoxy) is 1. The highest BCUT2D eigenvalue weighted by Gasteiger charge is 2.31. The van der Waals surface area contributed by atoms with Crippen LogP contribution in [0.5, 0.6) is 6.01 Å². The molecule has 18 heavy (non-hydrogen) atoms. The highest BCUT2D eigenvalue weighted by atomic mass is 16.5. The zero-order valence-electron chi connectivity index (χ0n) is 10.9. The van der Waals surface area contributed by atoms with Crippen LogP contribution in [0.1, 0.15) is 26.7 Å². The molecule has 1 aliphatic rings. The first-order valence-corrected chi connectivity index (χ1v) is 6.08. The van der Waals surface area contributed by atoms with Crippen LogP contribution in [0.25, 0.3) is 0 Å². The Kier molecular flexibility index (Phi) is 3.64. The molecule has 0 aromatic carbocycles. The molecule has 2 unspecified atom stereocenters. The number of methoxy groups -OCH3 is 1. The fourth-order valence-corrected chi connectivity index (χ4v) is 2.28. The van der Waals surface area contributed by atoms with E-state index in [9.17, 15) is 4.79 Å². The lowest BCUT2D eigenvalue weighted by Gasteiger charge is -2.26. The molecule has 1 aromatic rings. The maximum atomic E-state index is 12.1. The molecule has 1 aliphatic heterocycles. The number of rotatable bonds is 2. The van der Waals surface area contributed by atoms with Crippen LogP contribution in [0.15, 0.2) is 12.3 Å². The van der Waals surface area contributed by atoms with Crippen LogP contribution in [0.3, 0.4) is 0 Å². The normalized spacial score (nSPS) is 22.9. The Morgan fingerprint density at radius 3 is 2.72 bits per heavy atom. The van der Waals surface area contributed by atoms with E-state index in [0.29, 0.717) is 5.82 Å². The van der Waals surface area contributed by atoms with Crippen molar-refractivity contribution in [3.05, 3.63) is 12.3 Å². The summed E-state index contributed by atoms with van der Waals surface area (Å²) in [5.74, 6) is 0.457. The molecule has 1 saturated heterocycles. The van der Waals surface area contributed by atoms with Gasteiger partial charge in [0.1, 0.15) is 5.82 Å². The Morgan fingerprint density at radius 2 is 2.11 bits per heavy atom. The number of hydrogen-bond acceptors (Lipinski definition) is 4. The number of carbonyl (C=O) groups is 1. The number of hydrogen-bond donors (Lipinski definition) is 1. The molecule has 1 N–H and O–H groups in total. The molecule has 0 spiro atoms. The van der Waals surface area contributed by atoms with Crippen molar-refractivity contribution in [1.29, 1.82) is 0 Å². The maximum absolute atomic E-state index is 12.1. The molecule has 1 aromatic heterocycles. The van der Waals surface area contributed by atoms with Crippen molar-refractivity contribution in [2.24, 2.45) is 0 Å². The summed E-state index contributed by atoms with van der Waals surface area (Å²) in [6.45, 7) is 4.12. The first-order chi connectivity index (χ1) is 8.61. The second kappa shape index (κ2) is 5.20. The molecular formula is C12H18N4O2. The first-order valence-electron chi connectivity index (χ1n) is 6.08. The van der Waals surface area contributed by atoms with E-state index in [0.717, 1.165) is 12.8 Å². The van der Waals surface area contributed by atoms with Gasteiger partial charge >= 0.3 is 12.0 Å². The molecule has 6 nitrogen and oxygen atoms in total. The van der Waals surface area contributed by atoms with E-state index in [1.165, 1.54) is 7.11 Å². The monoisotopic (exact) mass is 250 g/mol. The Balaban J connectivity index is 2.06. The molecule has 1 fully saturated rings. The summed E-state index contributed by atoms with van der Waals surface area (Å²) in [6, 6.07) is 2.31. The first kappa shape index (κ1) is 12.6. The number of urea groups is 1. The van der Waals surface area contributed by atoms with Crippen LogP contribution in [0, 0.1) is 0 Å². The summed E-state index contributed by atoms with van der Waals surface area (Å²) in [5.41, 5.74) is 0. The van der Waals surface area contributed by atoms with Crippen LogP contribution in [0.4, 0.5) is 10.6 Å². The lowest BCUT2D eigenvalue weighted by molar-refractivity contribution is 0.194. The zero-order valence-corrected chi connectivity index (χ0v) is 10.9. The van der Waals surface area contributed by atoms with Crippen LogP contribution in [0.2, 0.25) is 0 Å². The standard InChI is InChI=1S/C12H18N4O2/c1-8-4-5-9(2)16(8)12(17)15-10-6-7-13-11(14-10)18-3/h6-9H,4-5H2,1-3H3,(H,13,14,15,17). The van der Waals surface area contributed by atoms with Gasteiger partial charge in [-0.25, -0.2) is 9.78 Å². The van der Waals surface area contributed by atoms with Gasteiger partial charge in [-0.3, -0.25) is 5.32 Å². The molecular weight excluding hydrogens is 232 g/mol. The van der Waals surface area contributed by atoms with Gasteiger partial charge in [0.15, 0.2) is 0 Å². The topological polar surface area (TPSA) is 67.3 Å². The van der Waals surface area contributed by atoms with Crippen LogP contribution in [-0.4, -0.2) is 40.1 Å². The van der Waals surface area contributed by atoms with Crippen molar-refractivity contribution in [3.8, 4) is 6.01 Å². The number of amides is 2. The smallest absolute Gasteiger partial charge is 0.323 e. The highest BCUT2D eigenvalue weighted by Crippen LogP contribution is 2.24. The van der Waals surface area contributed by atoms with Crippen molar-refractivity contribution in [2.45, 2.75) is 38.8 Å². The van der Waals surface area contributed by atoms with Gasteiger partial charge in [0.05, 0.1) is 7.11 Å². The molecule has 0 bridgehead atoms. The summed E-state index contributed by atoms with van der Waals surface area (Å²) in [4.78, 5) is 22.0. The van der Waals surface area contributed by atoms with Crippen LogP contribution >= 0.6 is 0 Å². The van der Waals surface area contributed by atoms with E-state index >= 15 is 0 Å². The Bertz CT molecular complexity index is 428. The molecule has 98 valence electrons. The lowest BCUT2D eigenvalue weighted by Crippen LogP contribution is -2.41. The molecule has 2 rings (SSSR count). The van der Waals surface area contributed by atoms with Crippen molar-refractivity contribution in [3.63, 3.8) is 0 Å². The average Bonchev–Trinajstić information content (AvgIpc) is 2.69. The fraction of sp³-hybridized carbons (Fsp3) is 0.583. The third-order valence-corrected chi connectivity index (χ3v) is 3.24. The quantitative estimate of drug-likeness (QED) is 0.870. The summed E-state index contributed by atoms with van der Waals surface area (Å²) < 4.78 is 4.92. The summed E-state index contributed by atoms with van der Waals surface area (Å²) in [5, 5.41) is 2.78. The minimum atomic E-state index is -0.117. The van der Waals surface area contributed by atoms with Gasteiger partial charge in [-0.05, 0) is 32.8 Å². The van der Waals surface area contributed by atoms with E-state index in [2.05, 4.69) is 29.1 Å². The van der Waals surface area contributed by atoms with Crippen LogP contribution in [-0.2, 0) is 0 Å². The molecule has 0 saturated carbocycles. The highest BCUT2D eigenvalue weighted by molar-refractivity contribution is 5.88. The second-order valence-electron chi connectivity index (χ2n) is 4.54. The molecule has 2 amide bonds. The van der Waals surface area contributed by atoms with Gasteiger partial charge in [-0.1, -0.05) is 0 Å². The van der Waals surface area contributed by atoms with E-state index in [1.807, 2.05) is 4.90 Å². The molecule has 0 radical (unpaired) electrons. The van der Waals surface area contributed by atoms with E-state index in [-0.39, 0.29) is 24.1 Å². The number of carbonyl (C=O) groups excluding carboxylic acids is 1. The maximum Gasteiger partial charge on any atom is 0.323 e. The lowest BCUT2D eigenvalue weighted by atomic mass is 10.2. The largest absolute Gasteiger partial charge is 0.467 e. The number of aromatic nitrogens is 2. The van der Waals surface area contributed by atoms with Crippen molar-refractivity contribution >= 4 is 11.8 Å². The number of nitrogens with one attached hydrogen (secondary N) is 1. The molecule has 6 heteroatoms. The predicted molar refractivity (Wildman–Crippen MR) is 67.6 cm³/mol. The van der Waals surface area contributed by atoms with Gasteiger partial charge in [-0.15, -0.1) is 0 Å². The second-order valence-corrected chi connectivity index (χ2v) is 4.54. The Morgan fingerprint density at radius 1 is 1.44 bits per heavy atom. The number of likely N-dealkylation sites (tertiary alicyclic amines) is 1. The summed E-state index contributed by atoms with van der Waals surface area (Å²) in [7, 11) is 1.49. The average molecular weight is 250 g/mol. The SMILES string of the molecule is COc1nccc(NC(=O)N2C(C)CCC2C)n1. The van der Waals surface area contributed by atoms with Gasteiger partial charge in [-0.2, -0.15) is 4.98 Å². The molecule has 2 heterocycles. The van der Waals surface area contributed by atoms with Gasteiger partial charge in [0.25, 0.3) is 0 Å². The minimum Gasteiger partial charge on any atom is -0.467 e. The van der Waals surface area contributed by atoms with E-state index < -0.39 is 0 Å². The third kappa shape index (κ3) is 2.52. The van der Waals surface area contributed by atoms with Crippen LogP contribution < -0.4 is 10.1 Å².